The minimum absolute atomic E-state index is 0.0592. The molecule has 0 aromatic carbocycles. The van der Waals surface area contributed by atoms with E-state index in [1.165, 1.54) is 34.8 Å². The highest BCUT2D eigenvalue weighted by atomic mass is 35.5. The van der Waals surface area contributed by atoms with Crippen molar-refractivity contribution in [2.24, 2.45) is 5.73 Å². The van der Waals surface area contributed by atoms with Crippen molar-refractivity contribution in [3.05, 3.63) is 99.2 Å². The number of nitrogens with one attached hydrogen (secondary N) is 1. The summed E-state index contributed by atoms with van der Waals surface area (Å²) in [6.45, 7) is 4.60. The van der Waals surface area contributed by atoms with Gasteiger partial charge < -0.3 is 20.5 Å². The molecule has 0 spiro atoms. The van der Waals surface area contributed by atoms with E-state index in [1.54, 1.807) is 50.2 Å². The number of halogens is 3. The monoisotopic (exact) mass is 700 g/mol. The molecule has 0 fully saturated rings. The van der Waals surface area contributed by atoms with Crippen LogP contribution in [0.4, 0.5) is 14.7 Å². The van der Waals surface area contributed by atoms with Gasteiger partial charge in [-0.3, -0.25) is 0 Å². The van der Waals surface area contributed by atoms with E-state index in [9.17, 15) is 18.4 Å². The summed E-state index contributed by atoms with van der Waals surface area (Å²) in [6, 6.07) is 12.7. The Balaban J connectivity index is 0.000000178. The van der Waals surface area contributed by atoms with Crippen molar-refractivity contribution < 1.29 is 27.8 Å². The first kappa shape index (κ1) is 35.1. The van der Waals surface area contributed by atoms with Crippen molar-refractivity contribution in [2.45, 2.75) is 26.9 Å². The zero-order valence-electron chi connectivity index (χ0n) is 24.9. The number of carbonyl (C=O) groups is 2. The van der Waals surface area contributed by atoms with Crippen molar-refractivity contribution in [1.29, 1.82) is 0 Å². The predicted octanol–water partition coefficient (Wildman–Crippen LogP) is 6.22. The van der Waals surface area contributed by atoms with Crippen LogP contribution in [0.2, 0.25) is 5.28 Å². The first-order chi connectivity index (χ1) is 22.7. The number of anilines is 1. The van der Waals surface area contributed by atoms with E-state index in [0.29, 0.717) is 38.4 Å². The molecule has 6 heterocycles. The SMILES string of the molecule is CCOC(=O)c1nc(Cl)nc2ccsc12.CCOC(=O)c1nc(NCc2cccc(F)n2)nc2ccsc12.NCc1cccc(F)n1. The lowest BCUT2D eigenvalue weighted by atomic mass is 10.3. The number of nitrogens with two attached hydrogens (primary N) is 1. The summed E-state index contributed by atoms with van der Waals surface area (Å²) in [5, 5.41) is 6.68. The molecule has 0 aliphatic heterocycles. The Bertz CT molecular complexity index is 1980. The molecule has 0 bridgehead atoms. The first-order valence-electron chi connectivity index (χ1n) is 13.9. The third-order valence-electron chi connectivity index (χ3n) is 5.70. The summed E-state index contributed by atoms with van der Waals surface area (Å²) in [5.74, 6) is -1.71. The number of esters is 2. The number of aromatic nitrogens is 6. The standard InChI is InChI=1S/C15H13FN4O2S.C9H7ClN2O2S.C6H7FN2/c1-2-22-14(21)12-13-10(6-7-23-13)19-15(20-12)17-8-9-4-3-5-11(16)18-9;1-2-14-8(13)6-7-5(3-4-15-7)11-9(10)12-6;7-6-3-1-2-5(4-8)9-6/h3-7H,2,8H2,1H3,(H,17,19,20);3-4H,2H2,1H3;1-3H,4,8H2. The maximum Gasteiger partial charge on any atom is 0.358 e. The van der Waals surface area contributed by atoms with Crippen LogP contribution < -0.4 is 11.1 Å². The molecular weight excluding hydrogens is 674 g/mol. The molecule has 0 radical (unpaired) electrons. The Morgan fingerprint density at radius 3 is 1.83 bits per heavy atom. The second-order valence-electron chi connectivity index (χ2n) is 8.91. The van der Waals surface area contributed by atoms with Gasteiger partial charge in [0.1, 0.15) is 0 Å². The molecule has 12 nitrogen and oxygen atoms in total. The normalized spacial score (nSPS) is 10.4. The number of pyridine rings is 2. The van der Waals surface area contributed by atoms with Gasteiger partial charge in [0.15, 0.2) is 11.4 Å². The third-order valence-corrected chi connectivity index (χ3v) is 7.69. The minimum atomic E-state index is -0.550. The summed E-state index contributed by atoms with van der Waals surface area (Å²) in [7, 11) is 0. The van der Waals surface area contributed by atoms with Gasteiger partial charge in [-0.1, -0.05) is 12.1 Å². The van der Waals surface area contributed by atoms with Crippen LogP contribution in [-0.2, 0) is 22.6 Å². The molecular formula is C30H27ClF2N8O4S2. The molecule has 6 rings (SSSR count). The first-order valence-corrected chi connectivity index (χ1v) is 16.0. The van der Waals surface area contributed by atoms with Crippen molar-refractivity contribution in [3.63, 3.8) is 0 Å². The smallest absolute Gasteiger partial charge is 0.358 e. The maximum atomic E-state index is 13.1. The summed E-state index contributed by atoms with van der Waals surface area (Å²) >= 11 is 8.47. The molecule has 17 heteroatoms. The molecule has 6 aromatic heterocycles. The van der Waals surface area contributed by atoms with Crippen molar-refractivity contribution in [1.82, 2.24) is 29.9 Å². The van der Waals surface area contributed by atoms with E-state index in [2.05, 4.69) is 35.2 Å². The van der Waals surface area contributed by atoms with Gasteiger partial charge in [-0.15, -0.1) is 22.7 Å². The Morgan fingerprint density at radius 2 is 1.30 bits per heavy atom. The number of ether oxygens (including phenoxy) is 2. The predicted molar refractivity (Wildman–Crippen MR) is 175 cm³/mol. The van der Waals surface area contributed by atoms with Crippen LogP contribution >= 0.6 is 34.3 Å². The quantitative estimate of drug-likeness (QED) is 0.105. The largest absolute Gasteiger partial charge is 0.461 e. The average molecular weight is 701 g/mol. The summed E-state index contributed by atoms with van der Waals surface area (Å²) in [5.41, 5.74) is 8.07. The van der Waals surface area contributed by atoms with Crippen molar-refractivity contribution in [2.75, 3.05) is 18.5 Å². The summed E-state index contributed by atoms with van der Waals surface area (Å²) in [6.07, 6.45) is 0. The van der Waals surface area contributed by atoms with Gasteiger partial charge in [0.2, 0.25) is 23.1 Å². The summed E-state index contributed by atoms with van der Waals surface area (Å²) in [4.78, 5) is 47.3. The van der Waals surface area contributed by atoms with Gasteiger partial charge in [0.05, 0.1) is 51.6 Å². The number of thiophene rings is 2. The topological polar surface area (TPSA) is 168 Å². The maximum absolute atomic E-state index is 13.1. The fourth-order valence-corrected chi connectivity index (χ4v) is 5.53. The van der Waals surface area contributed by atoms with E-state index in [-0.39, 0.29) is 42.3 Å². The molecule has 0 aliphatic rings. The molecule has 0 saturated carbocycles. The van der Waals surface area contributed by atoms with Gasteiger partial charge in [-0.25, -0.2) is 39.5 Å². The average Bonchev–Trinajstić information content (AvgIpc) is 3.74. The molecule has 0 unspecified atom stereocenters. The fraction of sp³-hybridized carbons (Fsp3) is 0.200. The van der Waals surface area contributed by atoms with Gasteiger partial charge in [-0.05, 0) is 72.6 Å². The highest BCUT2D eigenvalue weighted by Crippen LogP contribution is 2.25. The van der Waals surface area contributed by atoms with Gasteiger partial charge in [-0.2, -0.15) is 8.78 Å². The van der Waals surface area contributed by atoms with E-state index < -0.39 is 23.8 Å². The van der Waals surface area contributed by atoms with Crippen molar-refractivity contribution in [3.8, 4) is 0 Å². The number of rotatable bonds is 8. The summed E-state index contributed by atoms with van der Waals surface area (Å²) < 4.78 is 36.6. The Labute approximate surface area is 280 Å². The molecule has 6 aromatic rings. The second-order valence-corrected chi connectivity index (χ2v) is 11.1. The third kappa shape index (κ3) is 9.86. The van der Waals surface area contributed by atoms with Crippen LogP contribution in [0.15, 0.2) is 59.3 Å². The van der Waals surface area contributed by atoms with Crippen LogP contribution in [0.3, 0.4) is 0 Å². The lowest BCUT2D eigenvalue weighted by molar-refractivity contribution is 0.0513. The lowest BCUT2D eigenvalue weighted by Crippen LogP contribution is -2.11. The van der Waals surface area contributed by atoms with Crippen LogP contribution in [0.1, 0.15) is 46.2 Å². The van der Waals surface area contributed by atoms with E-state index in [4.69, 9.17) is 26.8 Å². The number of nitrogens with zero attached hydrogens (tertiary/aromatic N) is 6. The second kappa shape index (κ2) is 17.2. The number of hydrogen-bond donors (Lipinski definition) is 2. The molecule has 3 N–H and O–H groups in total. The van der Waals surface area contributed by atoms with Crippen LogP contribution in [0, 0.1) is 11.9 Å². The molecule has 244 valence electrons. The van der Waals surface area contributed by atoms with Crippen molar-refractivity contribution >= 4 is 72.6 Å². The van der Waals surface area contributed by atoms with E-state index in [0.717, 1.165) is 0 Å². The number of carbonyl (C=O) groups excluding carboxylic acids is 2. The Hall–Kier alpha value is -4.77. The zero-order chi connectivity index (χ0) is 33.8. The Kier molecular flexibility index (Phi) is 12.9. The van der Waals surface area contributed by atoms with Gasteiger partial charge in [0.25, 0.3) is 0 Å². The van der Waals surface area contributed by atoms with Crippen LogP contribution in [0.25, 0.3) is 20.4 Å². The number of hydrogen-bond acceptors (Lipinski definition) is 14. The van der Waals surface area contributed by atoms with Gasteiger partial charge in [0, 0.05) is 6.54 Å². The highest BCUT2D eigenvalue weighted by molar-refractivity contribution is 7.17. The fourth-order valence-electron chi connectivity index (χ4n) is 3.74. The lowest BCUT2D eigenvalue weighted by Gasteiger charge is -2.07. The minimum Gasteiger partial charge on any atom is -0.461 e. The molecule has 0 amide bonds. The van der Waals surface area contributed by atoms with Crippen LogP contribution in [-0.4, -0.2) is 55.1 Å². The van der Waals surface area contributed by atoms with Crippen LogP contribution in [0.5, 0.6) is 0 Å². The van der Waals surface area contributed by atoms with Gasteiger partial charge >= 0.3 is 11.9 Å². The molecule has 0 saturated heterocycles. The molecule has 0 aliphatic carbocycles. The Morgan fingerprint density at radius 1 is 0.766 bits per heavy atom. The zero-order valence-corrected chi connectivity index (χ0v) is 27.3. The molecule has 47 heavy (non-hydrogen) atoms. The van der Waals surface area contributed by atoms with E-state index in [1.807, 2.05) is 10.8 Å². The molecule has 0 atom stereocenters. The number of fused-ring (bicyclic) bond motifs is 2. The highest BCUT2D eigenvalue weighted by Gasteiger charge is 2.18. The van der Waals surface area contributed by atoms with E-state index >= 15 is 0 Å².